The number of carbonyl (C=O) groups is 1. The lowest BCUT2D eigenvalue weighted by Crippen LogP contribution is -2.44. The fourth-order valence-electron chi connectivity index (χ4n) is 2.88. The first-order valence-corrected chi connectivity index (χ1v) is 6.85. The summed E-state index contributed by atoms with van der Waals surface area (Å²) in [6, 6.07) is 1.49. The van der Waals surface area contributed by atoms with Gasteiger partial charge >= 0.3 is 12.3 Å². The zero-order valence-electron chi connectivity index (χ0n) is 12.7. The molecule has 0 unspecified atom stereocenters. The topological polar surface area (TPSA) is 54.1 Å². The third kappa shape index (κ3) is 2.84. The number of alkyl halides is 3. The van der Waals surface area contributed by atoms with Gasteiger partial charge in [0.05, 0.1) is 18.2 Å². The molecule has 1 aliphatic heterocycles. The van der Waals surface area contributed by atoms with Crippen molar-refractivity contribution in [3.05, 3.63) is 34.7 Å². The summed E-state index contributed by atoms with van der Waals surface area (Å²) in [6.45, 7) is 11.1. The Morgan fingerprint density at radius 1 is 1.43 bits per heavy atom. The van der Waals surface area contributed by atoms with Crippen LogP contribution in [0.1, 0.15) is 25.0 Å². The van der Waals surface area contributed by atoms with E-state index >= 15 is 0 Å². The summed E-state index contributed by atoms with van der Waals surface area (Å²) in [5, 5.41) is 9.85. The number of aliphatic hydroxyl groups excluding tert-OH is 1. The van der Waals surface area contributed by atoms with Crippen molar-refractivity contribution in [1.82, 2.24) is 0 Å². The highest BCUT2D eigenvalue weighted by Crippen LogP contribution is 2.43. The van der Waals surface area contributed by atoms with Gasteiger partial charge in [-0.2, -0.15) is 13.2 Å². The highest BCUT2D eigenvalue weighted by Gasteiger charge is 2.45. The quantitative estimate of drug-likeness (QED) is 0.843. The lowest BCUT2D eigenvalue weighted by atomic mass is 10.00. The molecule has 1 fully saturated rings. The summed E-state index contributed by atoms with van der Waals surface area (Å²) in [6.07, 6.45) is -7.21. The molecular formula is C15H15F3N2O3. The number of hydrogen-bond acceptors (Lipinski definition) is 3. The molecule has 0 saturated carbocycles. The van der Waals surface area contributed by atoms with E-state index in [-0.39, 0.29) is 11.3 Å². The summed E-state index contributed by atoms with van der Waals surface area (Å²) in [4.78, 5) is 15.9. The van der Waals surface area contributed by atoms with Crippen LogP contribution in [-0.2, 0) is 10.9 Å². The van der Waals surface area contributed by atoms with Crippen molar-refractivity contribution >= 4 is 17.5 Å². The van der Waals surface area contributed by atoms with Crippen LogP contribution < -0.4 is 4.90 Å². The first kappa shape index (κ1) is 17.1. The number of anilines is 1. The molecule has 2 rings (SSSR count). The summed E-state index contributed by atoms with van der Waals surface area (Å²) < 4.78 is 44.8. The predicted octanol–water partition coefficient (Wildman–Crippen LogP) is 3.66. The molecule has 1 heterocycles. The minimum absolute atomic E-state index is 0.0232. The molecule has 0 spiro atoms. The van der Waals surface area contributed by atoms with Crippen LogP contribution in [0.5, 0.6) is 0 Å². The summed E-state index contributed by atoms with van der Waals surface area (Å²) >= 11 is 0. The molecule has 3 atom stereocenters. The van der Waals surface area contributed by atoms with E-state index in [9.17, 15) is 23.1 Å². The molecule has 124 valence electrons. The summed E-state index contributed by atoms with van der Waals surface area (Å²) in [5.74, 6) is 0. The molecule has 0 bridgehead atoms. The normalized spacial score (nSPS) is 22.7. The van der Waals surface area contributed by atoms with Crippen LogP contribution in [0.25, 0.3) is 4.85 Å². The Labute approximate surface area is 131 Å². The van der Waals surface area contributed by atoms with E-state index < -0.39 is 41.8 Å². The fraction of sp³-hybridized carbons (Fsp3) is 0.467. The third-order valence-electron chi connectivity index (χ3n) is 3.83. The second kappa shape index (κ2) is 5.74. The van der Waals surface area contributed by atoms with E-state index in [4.69, 9.17) is 11.3 Å². The summed E-state index contributed by atoms with van der Waals surface area (Å²) in [5.41, 5.74) is -1.89. The highest BCUT2D eigenvalue weighted by atomic mass is 19.4. The van der Waals surface area contributed by atoms with Crippen LogP contribution in [0.2, 0.25) is 0 Å². The Morgan fingerprint density at radius 3 is 2.52 bits per heavy atom. The number of amides is 1. The molecule has 1 aliphatic rings. The van der Waals surface area contributed by atoms with E-state index in [1.54, 1.807) is 6.92 Å². The van der Waals surface area contributed by atoms with Gasteiger partial charge in [0, 0.05) is 5.69 Å². The molecule has 1 N–H and O–H groups in total. The van der Waals surface area contributed by atoms with Crippen molar-refractivity contribution in [2.45, 2.75) is 45.2 Å². The first-order chi connectivity index (χ1) is 10.6. The number of cyclic esters (lactones) is 1. The van der Waals surface area contributed by atoms with E-state index in [2.05, 4.69) is 4.85 Å². The SMILES string of the molecule is [C-]#[N+]c1ccc(N2C(=O)O[C@H](C)[C@@H]2[C@@H](C)O)c(C)c1C(F)(F)F. The molecule has 1 saturated heterocycles. The average molecular weight is 328 g/mol. The maximum atomic E-state index is 13.3. The molecule has 8 heteroatoms. The van der Waals surface area contributed by atoms with Crippen molar-refractivity contribution in [3.63, 3.8) is 0 Å². The molecule has 23 heavy (non-hydrogen) atoms. The Balaban J connectivity index is 2.65. The van der Waals surface area contributed by atoms with Crippen molar-refractivity contribution in [3.8, 4) is 0 Å². The van der Waals surface area contributed by atoms with Crippen LogP contribution in [0.15, 0.2) is 12.1 Å². The van der Waals surface area contributed by atoms with Crippen LogP contribution in [-0.4, -0.2) is 29.4 Å². The number of halogens is 3. The number of rotatable bonds is 2. The zero-order valence-corrected chi connectivity index (χ0v) is 12.7. The molecule has 1 aromatic carbocycles. The zero-order chi connectivity index (χ0) is 17.5. The minimum Gasteiger partial charge on any atom is -0.444 e. The number of hydrogen-bond donors (Lipinski definition) is 1. The van der Waals surface area contributed by atoms with Gasteiger partial charge in [-0.3, -0.25) is 4.90 Å². The van der Waals surface area contributed by atoms with E-state index in [1.807, 2.05) is 0 Å². The molecule has 5 nitrogen and oxygen atoms in total. The van der Waals surface area contributed by atoms with Crippen molar-refractivity contribution in [2.24, 2.45) is 0 Å². The number of aliphatic hydroxyl groups is 1. The smallest absolute Gasteiger partial charge is 0.415 e. The number of benzene rings is 1. The Morgan fingerprint density at radius 2 is 2.04 bits per heavy atom. The van der Waals surface area contributed by atoms with E-state index in [0.717, 1.165) is 11.0 Å². The Kier molecular flexibility index (Phi) is 4.26. The molecule has 0 aromatic heterocycles. The van der Waals surface area contributed by atoms with Crippen molar-refractivity contribution < 1.29 is 27.8 Å². The Bertz CT molecular complexity index is 680. The van der Waals surface area contributed by atoms with Gasteiger partial charge in [-0.25, -0.2) is 9.64 Å². The van der Waals surface area contributed by atoms with Crippen LogP contribution in [0.4, 0.5) is 29.3 Å². The third-order valence-corrected chi connectivity index (χ3v) is 3.83. The van der Waals surface area contributed by atoms with E-state index in [1.165, 1.54) is 19.9 Å². The lowest BCUT2D eigenvalue weighted by molar-refractivity contribution is -0.137. The van der Waals surface area contributed by atoms with E-state index in [0.29, 0.717) is 0 Å². The van der Waals surface area contributed by atoms with Gasteiger partial charge in [0.15, 0.2) is 5.69 Å². The number of ether oxygens (including phenoxy) is 1. The second-order valence-electron chi connectivity index (χ2n) is 5.40. The van der Waals surface area contributed by atoms with Gasteiger partial charge in [0.1, 0.15) is 12.1 Å². The Hall–Kier alpha value is -2.27. The van der Waals surface area contributed by atoms with Gasteiger partial charge < -0.3 is 9.84 Å². The van der Waals surface area contributed by atoms with Gasteiger partial charge in [-0.05, 0) is 32.4 Å². The highest BCUT2D eigenvalue weighted by molar-refractivity contribution is 5.92. The van der Waals surface area contributed by atoms with Crippen LogP contribution >= 0.6 is 0 Å². The monoisotopic (exact) mass is 328 g/mol. The molecule has 1 amide bonds. The fourth-order valence-corrected chi connectivity index (χ4v) is 2.88. The van der Waals surface area contributed by atoms with Crippen LogP contribution in [0.3, 0.4) is 0 Å². The largest absolute Gasteiger partial charge is 0.444 e. The maximum absolute atomic E-state index is 13.3. The molecule has 0 radical (unpaired) electrons. The standard InChI is InChI=1S/C15H15F3N2O3/c1-7-11(6-5-10(19-4)12(7)15(16,17)18)20-13(8(2)21)9(3)23-14(20)22/h5-6,8-9,13,21H,1-3H3/t8-,9-,13+/m1/s1. The van der Waals surface area contributed by atoms with Gasteiger partial charge in [0.25, 0.3) is 0 Å². The van der Waals surface area contributed by atoms with Crippen molar-refractivity contribution in [2.75, 3.05) is 4.90 Å². The maximum Gasteiger partial charge on any atom is 0.415 e. The van der Waals surface area contributed by atoms with Gasteiger partial charge in [-0.1, -0.05) is 6.07 Å². The minimum atomic E-state index is -4.73. The van der Waals surface area contributed by atoms with Crippen LogP contribution in [0, 0.1) is 13.5 Å². The molecule has 0 aliphatic carbocycles. The van der Waals surface area contributed by atoms with Crippen molar-refractivity contribution in [1.29, 1.82) is 0 Å². The second-order valence-corrected chi connectivity index (χ2v) is 5.40. The molecule has 1 aromatic rings. The first-order valence-electron chi connectivity index (χ1n) is 6.85. The van der Waals surface area contributed by atoms with Gasteiger partial charge in [-0.15, -0.1) is 0 Å². The molecular weight excluding hydrogens is 313 g/mol. The lowest BCUT2D eigenvalue weighted by Gasteiger charge is -2.28. The average Bonchev–Trinajstić information content (AvgIpc) is 2.71. The summed E-state index contributed by atoms with van der Waals surface area (Å²) in [7, 11) is 0. The number of nitrogens with zero attached hydrogens (tertiary/aromatic N) is 2. The predicted molar refractivity (Wildman–Crippen MR) is 76.3 cm³/mol. The number of carbonyl (C=O) groups excluding carboxylic acids is 1. The van der Waals surface area contributed by atoms with Gasteiger partial charge in [0.2, 0.25) is 0 Å².